The van der Waals surface area contributed by atoms with E-state index < -0.39 is 39.9 Å². The lowest BCUT2D eigenvalue weighted by Gasteiger charge is -2.23. The van der Waals surface area contributed by atoms with Gasteiger partial charge in [-0.1, -0.05) is 15.9 Å². The number of carbonyl (C=O) groups excluding carboxylic acids is 2. The van der Waals surface area contributed by atoms with Gasteiger partial charge in [0.15, 0.2) is 11.4 Å². The molecule has 1 unspecified atom stereocenters. The Hall–Kier alpha value is -3.45. The minimum atomic E-state index is -2.71. The van der Waals surface area contributed by atoms with Gasteiger partial charge in [0.2, 0.25) is 0 Å². The topological polar surface area (TPSA) is 147 Å². The first-order valence-electron chi connectivity index (χ1n) is 6.93. The van der Waals surface area contributed by atoms with Crippen molar-refractivity contribution in [1.29, 1.82) is 15.8 Å². The average molecular weight is 413 g/mol. The van der Waals surface area contributed by atoms with Crippen molar-refractivity contribution < 1.29 is 19.4 Å². The maximum atomic E-state index is 12.9. The average Bonchev–Trinajstić information content (AvgIpc) is 2.95. The van der Waals surface area contributed by atoms with Crippen molar-refractivity contribution in [3.05, 3.63) is 56.7 Å². The van der Waals surface area contributed by atoms with Crippen LogP contribution in [0.2, 0.25) is 0 Å². The van der Waals surface area contributed by atoms with Crippen LogP contribution in [0.3, 0.4) is 0 Å². The highest BCUT2D eigenvalue weighted by molar-refractivity contribution is 9.10. The van der Waals surface area contributed by atoms with Gasteiger partial charge in [-0.05, 0) is 24.3 Å². The quantitative estimate of drug-likeness (QED) is 0.427. The number of rotatable bonds is 3. The maximum absolute atomic E-state index is 12.9. The molecule has 0 aliphatic carbocycles. The molecule has 1 aliphatic rings. The van der Waals surface area contributed by atoms with Crippen LogP contribution in [0.5, 0.6) is 0 Å². The van der Waals surface area contributed by atoms with E-state index in [1.807, 2.05) is 0 Å². The summed E-state index contributed by atoms with van der Waals surface area (Å²) >= 11 is 3.22. The molecule has 9 heteroatoms. The molecule has 1 aromatic carbocycles. The van der Waals surface area contributed by atoms with Crippen LogP contribution in [-0.2, 0) is 9.53 Å². The Bertz CT molecular complexity index is 974. The minimum absolute atomic E-state index is 0.0804. The van der Waals surface area contributed by atoms with Crippen molar-refractivity contribution in [1.82, 2.24) is 5.32 Å². The molecule has 1 atom stereocenters. The summed E-state index contributed by atoms with van der Waals surface area (Å²) in [4.78, 5) is 25.0. The molecule has 26 heavy (non-hydrogen) atoms. The van der Waals surface area contributed by atoms with Gasteiger partial charge in [-0.3, -0.25) is 4.79 Å². The van der Waals surface area contributed by atoms with Gasteiger partial charge in [0.25, 0.3) is 5.72 Å². The normalized spacial score (nSPS) is 18.2. The Morgan fingerprint density at radius 1 is 1.19 bits per heavy atom. The maximum Gasteiger partial charge on any atom is 0.364 e. The summed E-state index contributed by atoms with van der Waals surface area (Å²) in [5.74, 6) is -2.10. The Balaban J connectivity index is 2.80. The highest BCUT2D eigenvalue weighted by Crippen LogP contribution is 2.35. The number of methoxy groups -OCH3 is 1. The van der Waals surface area contributed by atoms with Crippen LogP contribution in [0.1, 0.15) is 10.4 Å². The molecule has 0 aromatic heterocycles. The number of nitrogens with zero attached hydrogens (tertiary/aromatic N) is 3. The molecule has 0 saturated carbocycles. The molecule has 0 amide bonds. The lowest BCUT2D eigenvalue weighted by atomic mass is 9.92. The zero-order valence-electron chi connectivity index (χ0n) is 13.2. The fraction of sp³-hybridized carbons (Fsp3) is 0.118. The van der Waals surface area contributed by atoms with E-state index >= 15 is 0 Å². The van der Waals surface area contributed by atoms with Crippen LogP contribution in [0, 0.1) is 34.0 Å². The van der Waals surface area contributed by atoms with E-state index in [2.05, 4.69) is 26.0 Å². The summed E-state index contributed by atoms with van der Waals surface area (Å²) < 4.78 is 5.21. The predicted octanol–water partition coefficient (Wildman–Crippen LogP) is 1.22. The van der Waals surface area contributed by atoms with Gasteiger partial charge in [0, 0.05) is 10.0 Å². The van der Waals surface area contributed by atoms with Crippen LogP contribution >= 0.6 is 15.9 Å². The fourth-order valence-electron chi connectivity index (χ4n) is 2.37. The van der Waals surface area contributed by atoms with Crippen LogP contribution in [0.4, 0.5) is 0 Å². The minimum Gasteiger partial charge on any atom is -0.465 e. The Kier molecular flexibility index (Phi) is 5.23. The molecule has 0 radical (unpaired) electrons. The SMILES string of the molecule is COC(=O)C1(O)NC(=C(C#N)C#N)C(C#N)=C1C(=O)c1ccc(Br)cc1. The van der Waals surface area contributed by atoms with Gasteiger partial charge >= 0.3 is 5.97 Å². The number of esters is 1. The lowest BCUT2D eigenvalue weighted by Crippen LogP contribution is -2.52. The number of benzene rings is 1. The van der Waals surface area contributed by atoms with Crippen LogP contribution in [0.15, 0.2) is 51.2 Å². The summed E-state index contributed by atoms with van der Waals surface area (Å²) in [6.07, 6.45) is 0. The molecule has 2 N–H and O–H groups in total. The van der Waals surface area contributed by atoms with Crippen molar-refractivity contribution in [2.45, 2.75) is 5.72 Å². The van der Waals surface area contributed by atoms with Gasteiger partial charge in [-0.15, -0.1) is 0 Å². The molecule has 1 heterocycles. The smallest absolute Gasteiger partial charge is 0.364 e. The summed E-state index contributed by atoms with van der Waals surface area (Å²) in [6.45, 7) is 0. The van der Waals surface area contributed by atoms with Crippen LogP contribution in [0.25, 0.3) is 0 Å². The Morgan fingerprint density at radius 3 is 2.23 bits per heavy atom. The third kappa shape index (κ3) is 2.96. The molecule has 8 nitrogen and oxygen atoms in total. The first-order chi connectivity index (χ1) is 12.3. The molecule has 0 saturated heterocycles. The van der Waals surface area contributed by atoms with Crippen molar-refractivity contribution in [2.24, 2.45) is 0 Å². The molecule has 2 rings (SSSR count). The number of hydrogen-bond acceptors (Lipinski definition) is 8. The van der Waals surface area contributed by atoms with E-state index in [0.29, 0.717) is 4.47 Å². The van der Waals surface area contributed by atoms with E-state index in [9.17, 15) is 20.0 Å². The number of ether oxygens (including phenoxy) is 1. The zero-order chi connectivity index (χ0) is 19.5. The number of nitrogens with one attached hydrogen (secondary N) is 1. The van der Waals surface area contributed by atoms with E-state index in [0.717, 1.165) is 7.11 Å². The molecule has 0 fully saturated rings. The number of hydrogen-bond donors (Lipinski definition) is 2. The number of ketones is 1. The van der Waals surface area contributed by atoms with E-state index in [1.165, 1.54) is 12.1 Å². The largest absolute Gasteiger partial charge is 0.465 e. The number of allylic oxidation sites excluding steroid dienone is 2. The third-order valence-electron chi connectivity index (χ3n) is 3.57. The van der Waals surface area contributed by atoms with E-state index in [-0.39, 0.29) is 5.56 Å². The van der Waals surface area contributed by atoms with E-state index in [4.69, 9.17) is 10.5 Å². The lowest BCUT2D eigenvalue weighted by molar-refractivity contribution is -0.159. The second-order valence-corrected chi connectivity index (χ2v) is 5.91. The number of nitriles is 3. The second-order valence-electron chi connectivity index (χ2n) is 5.00. The number of halogens is 1. The Morgan fingerprint density at radius 2 is 1.77 bits per heavy atom. The highest BCUT2D eigenvalue weighted by atomic mass is 79.9. The van der Waals surface area contributed by atoms with Crippen molar-refractivity contribution in [3.63, 3.8) is 0 Å². The fourth-order valence-corrected chi connectivity index (χ4v) is 2.64. The summed E-state index contributed by atoms with van der Waals surface area (Å²) in [7, 11) is 0.979. The van der Waals surface area contributed by atoms with Crippen molar-refractivity contribution in [3.8, 4) is 18.2 Å². The molecule has 0 bridgehead atoms. The Labute approximate surface area is 156 Å². The summed E-state index contributed by atoms with van der Waals surface area (Å²) in [5, 5.41) is 40.5. The summed E-state index contributed by atoms with van der Waals surface area (Å²) in [6, 6.07) is 10.7. The van der Waals surface area contributed by atoms with Gasteiger partial charge in [0.1, 0.15) is 18.2 Å². The number of aliphatic hydroxyl groups is 1. The van der Waals surface area contributed by atoms with Gasteiger partial charge in [-0.2, -0.15) is 15.8 Å². The first-order valence-corrected chi connectivity index (χ1v) is 7.72. The van der Waals surface area contributed by atoms with Gasteiger partial charge in [-0.25, -0.2) is 4.79 Å². The monoisotopic (exact) mass is 412 g/mol. The molecule has 0 spiro atoms. The molecule has 1 aliphatic heterocycles. The van der Waals surface area contributed by atoms with Crippen molar-refractivity contribution >= 4 is 27.7 Å². The third-order valence-corrected chi connectivity index (χ3v) is 4.10. The van der Waals surface area contributed by atoms with E-state index in [1.54, 1.807) is 30.3 Å². The van der Waals surface area contributed by atoms with Crippen molar-refractivity contribution in [2.75, 3.05) is 7.11 Å². The summed E-state index contributed by atoms with van der Waals surface area (Å²) in [5.41, 5.74) is -4.71. The molecule has 128 valence electrons. The molecule has 1 aromatic rings. The van der Waals surface area contributed by atoms with Crippen LogP contribution < -0.4 is 5.32 Å². The molecular weight excluding hydrogens is 404 g/mol. The highest BCUT2D eigenvalue weighted by Gasteiger charge is 2.53. The molecular formula is C17H9BrN4O4. The van der Waals surface area contributed by atoms with Gasteiger partial charge in [0.05, 0.1) is 24.0 Å². The standard InChI is InChI=1S/C17H9BrN4O4/c1-26-16(24)17(25)13(15(23)9-2-4-11(18)5-3-9)12(8-21)14(22-17)10(6-19)7-20/h2-5,22,25H,1H3. The number of Topliss-reactive ketones (excluding diaryl/α,β-unsaturated/α-hetero) is 1. The number of carbonyl (C=O) groups is 2. The second kappa shape index (κ2) is 7.20. The van der Waals surface area contributed by atoms with Crippen LogP contribution in [-0.4, -0.2) is 29.7 Å². The first kappa shape index (κ1) is 18.9. The van der Waals surface area contributed by atoms with Gasteiger partial charge < -0.3 is 15.2 Å². The predicted molar refractivity (Wildman–Crippen MR) is 89.5 cm³/mol. The zero-order valence-corrected chi connectivity index (χ0v) is 14.8.